The van der Waals surface area contributed by atoms with Gasteiger partial charge in [0, 0.05) is 24.3 Å². The lowest BCUT2D eigenvalue weighted by molar-refractivity contribution is 0.554. The lowest BCUT2D eigenvalue weighted by Crippen LogP contribution is -2.34. The van der Waals surface area contributed by atoms with Crippen LogP contribution >= 0.6 is 27.7 Å². The van der Waals surface area contributed by atoms with Gasteiger partial charge in [-0.25, -0.2) is 0 Å². The number of hydrogen-bond donors (Lipinski definition) is 1. The minimum absolute atomic E-state index is 0.250. The SMILES string of the molecule is CCn1nc(C)c(Br)c1CC(N)C1CCCS1. The van der Waals surface area contributed by atoms with Gasteiger partial charge in [-0.3, -0.25) is 4.68 Å². The molecule has 0 saturated carbocycles. The summed E-state index contributed by atoms with van der Waals surface area (Å²) in [4.78, 5) is 0. The maximum atomic E-state index is 6.33. The van der Waals surface area contributed by atoms with Crippen LogP contribution in [0, 0.1) is 6.92 Å². The van der Waals surface area contributed by atoms with E-state index >= 15 is 0 Å². The van der Waals surface area contributed by atoms with E-state index in [4.69, 9.17) is 5.73 Å². The molecule has 2 atom stereocenters. The zero-order valence-electron chi connectivity index (χ0n) is 10.4. The fraction of sp³-hybridized carbons (Fsp3) is 0.750. The molecular weight excluding hydrogens is 298 g/mol. The van der Waals surface area contributed by atoms with Crippen molar-refractivity contribution in [3.8, 4) is 0 Å². The highest BCUT2D eigenvalue weighted by molar-refractivity contribution is 9.10. The maximum Gasteiger partial charge on any atom is 0.0738 e. The fourth-order valence-electron chi connectivity index (χ4n) is 2.36. The predicted molar refractivity (Wildman–Crippen MR) is 77.5 cm³/mol. The zero-order chi connectivity index (χ0) is 12.4. The van der Waals surface area contributed by atoms with E-state index in [0.717, 1.165) is 23.1 Å². The van der Waals surface area contributed by atoms with Gasteiger partial charge in [0.2, 0.25) is 0 Å². The van der Waals surface area contributed by atoms with Gasteiger partial charge in [-0.2, -0.15) is 16.9 Å². The van der Waals surface area contributed by atoms with Crippen molar-refractivity contribution in [2.45, 2.75) is 50.9 Å². The van der Waals surface area contributed by atoms with Gasteiger partial charge in [-0.05, 0) is 48.4 Å². The molecule has 2 heterocycles. The van der Waals surface area contributed by atoms with E-state index in [1.165, 1.54) is 24.3 Å². The number of nitrogens with two attached hydrogens (primary N) is 1. The average molecular weight is 318 g/mol. The fourth-order valence-corrected chi connectivity index (χ4v) is 4.12. The molecule has 0 radical (unpaired) electrons. The number of aryl methyl sites for hydroxylation is 2. The molecule has 3 nitrogen and oxygen atoms in total. The van der Waals surface area contributed by atoms with Crippen molar-refractivity contribution in [2.75, 3.05) is 5.75 Å². The summed E-state index contributed by atoms with van der Waals surface area (Å²) in [5.41, 5.74) is 8.65. The molecule has 2 N–H and O–H groups in total. The van der Waals surface area contributed by atoms with E-state index in [-0.39, 0.29) is 6.04 Å². The van der Waals surface area contributed by atoms with Crippen LogP contribution in [-0.2, 0) is 13.0 Å². The molecule has 0 bridgehead atoms. The summed E-state index contributed by atoms with van der Waals surface area (Å²) < 4.78 is 3.21. The third kappa shape index (κ3) is 2.88. The van der Waals surface area contributed by atoms with Gasteiger partial charge >= 0.3 is 0 Å². The Morgan fingerprint density at radius 1 is 1.65 bits per heavy atom. The van der Waals surface area contributed by atoms with Gasteiger partial charge in [0.25, 0.3) is 0 Å². The molecule has 96 valence electrons. The Labute approximate surface area is 116 Å². The van der Waals surface area contributed by atoms with Crippen molar-refractivity contribution in [1.29, 1.82) is 0 Å². The molecule has 5 heteroatoms. The first-order valence-corrected chi connectivity index (χ1v) is 8.06. The highest BCUT2D eigenvalue weighted by atomic mass is 79.9. The van der Waals surface area contributed by atoms with Crippen molar-refractivity contribution < 1.29 is 0 Å². The molecule has 1 saturated heterocycles. The molecule has 0 aliphatic carbocycles. The third-order valence-electron chi connectivity index (χ3n) is 3.32. The number of rotatable bonds is 4. The van der Waals surface area contributed by atoms with Gasteiger partial charge in [-0.15, -0.1) is 0 Å². The standard InChI is InChI=1S/C12H20BrN3S/c1-3-16-10(12(13)8(2)15-16)7-9(14)11-5-4-6-17-11/h9,11H,3-7,14H2,1-2H3. The summed E-state index contributed by atoms with van der Waals surface area (Å²) in [5.74, 6) is 1.27. The molecule has 0 aromatic carbocycles. The summed E-state index contributed by atoms with van der Waals surface area (Å²) in [5, 5.41) is 5.14. The lowest BCUT2D eigenvalue weighted by Gasteiger charge is -2.18. The Bertz CT molecular complexity index is 385. The van der Waals surface area contributed by atoms with Gasteiger partial charge in [0.1, 0.15) is 0 Å². The monoisotopic (exact) mass is 317 g/mol. The highest BCUT2D eigenvalue weighted by Gasteiger charge is 2.25. The first-order valence-electron chi connectivity index (χ1n) is 6.22. The van der Waals surface area contributed by atoms with E-state index in [0.29, 0.717) is 5.25 Å². The Balaban J connectivity index is 2.11. The van der Waals surface area contributed by atoms with E-state index in [2.05, 4.69) is 32.6 Å². The minimum atomic E-state index is 0.250. The molecule has 1 aliphatic rings. The average Bonchev–Trinajstić information content (AvgIpc) is 2.92. The van der Waals surface area contributed by atoms with Gasteiger partial charge < -0.3 is 5.73 Å². The molecule has 17 heavy (non-hydrogen) atoms. The number of nitrogens with zero attached hydrogens (tertiary/aromatic N) is 2. The van der Waals surface area contributed by atoms with Crippen LogP contribution in [0.4, 0.5) is 0 Å². The quantitative estimate of drug-likeness (QED) is 0.928. The minimum Gasteiger partial charge on any atom is -0.326 e. The number of halogens is 1. The summed E-state index contributed by atoms with van der Waals surface area (Å²) in [7, 11) is 0. The Hall–Kier alpha value is -0.0000000000000000555. The Morgan fingerprint density at radius 3 is 3.00 bits per heavy atom. The molecule has 1 aromatic rings. The van der Waals surface area contributed by atoms with E-state index < -0.39 is 0 Å². The topological polar surface area (TPSA) is 43.8 Å². The smallest absolute Gasteiger partial charge is 0.0738 e. The first-order chi connectivity index (χ1) is 8.13. The second-order valence-corrected chi connectivity index (χ2v) is 6.72. The number of hydrogen-bond acceptors (Lipinski definition) is 3. The van der Waals surface area contributed by atoms with Gasteiger partial charge in [-0.1, -0.05) is 0 Å². The van der Waals surface area contributed by atoms with Crippen molar-refractivity contribution in [3.05, 3.63) is 15.9 Å². The van der Waals surface area contributed by atoms with Crippen LogP contribution in [0.2, 0.25) is 0 Å². The molecule has 2 unspecified atom stereocenters. The van der Waals surface area contributed by atoms with Crippen molar-refractivity contribution in [2.24, 2.45) is 5.73 Å². The molecule has 0 spiro atoms. The molecule has 1 fully saturated rings. The highest BCUT2D eigenvalue weighted by Crippen LogP contribution is 2.30. The third-order valence-corrected chi connectivity index (χ3v) is 5.89. The van der Waals surface area contributed by atoms with E-state index in [9.17, 15) is 0 Å². The summed E-state index contributed by atoms with van der Waals surface area (Å²) >= 11 is 5.66. The van der Waals surface area contributed by atoms with Gasteiger partial charge in [0.15, 0.2) is 0 Å². The number of aromatic nitrogens is 2. The molecular formula is C12H20BrN3S. The molecule has 1 aliphatic heterocycles. The summed E-state index contributed by atoms with van der Waals surface area (Å²) in [6, 6.07) is 0.250. The normalized spacial score (nSPS) is 22.0. The Kier molecular flexibility index (Phi) is 4.55. The van der Waals surface area contributed by atoms with Crippen LogP contribution in [0.15, 0.2) is 4.47 Å². The Morgan fingerprint density at radius 2 is 2.41 bits per heavy atom. The van der Waals surface area contributed by atoms with Crippen molar-refractivity contribution in [3.63, 3.8) is 0 Å². The second-order valence-electron chi connectivity index (χ2n) is 4.58. The van der Waals surface area contributed by atoms with Crippen LogP contribution in [-0.4, -0.2) is 26.8 Å². The van der Waals surface area contributed by atoms with E-state index in [1.54, 1.807) is 0 Å². The van der Waals surface area contributed by atoms with E-state index in [1.807, 2.05) is 18.7 Å². The van der Waals surface area contributed by atoms with Crippen LogP contribution in [0.25, 0.3) is 0 Å². The van der Waals surface area contributed by atoms with Crippen molar-refractivity contribution >= 4 is 27.7 Å². The van der Waals surface area contributed by atoms with Crippen LogP contribution < -0.4 is 5.73 Å². The summed E-state index contributed by atoms with van der Waals surface area (Å²) in [6.45, 7) is 5.07. The van der Waals surface area contributed by atoms with Crippen LogP contribution in [0.5, 0.6) is 0 Å². The molecule has 1 aromatic heterocycles. The first kappa shape index (κ1) is 13.4. The predicted octanol–water partition coefficient (Wildman–Crippen LogP) is 2.74. The van der Waals surface area contributed by atoms with Gasteiger partial charge in [0.05, 0.1) is 15.9 Å². The van der Waals surface area contributed by atoms with Crippen LogP contribution in [0.1, 0.15) is 31.2 Å². The summed E-state index contributed by atoms with van der Waals surface area (Å²) in [6.07, 6.45) is 3.51. The molecule has 2 rings (SSSR count). The van der Waals surface area contributed by atoms with Crippen LogP contribution in [0.3, 0.4) is 0 Å². The van der Waals surface area contributed by atoms with Crippen molar-refractivity contribution in [1.82, 2.24) is 9.78 Å². The largest absolute Gasteiger partial charge is 0.326 e. The maximum absolute atomic E-state index is 6.33. The number of thioether (sulfide) groups is 1. The molecule has 0 amide bonds. The zero-order valence-corrected chi connectivity index (χ0v) is 12.9. The second kappa shape index (κ2) is 5.76. The lowest BCUT2D eigenvalue weighted by atomic mass is 10.1.